The van der Waals surface area contributed by atoms with Gasteiger partial charge in [-0.1, -0.05) is 24.3 Å². The Balaban J connectivity index is 2.45. The van der Waals surface area contributed by atoms with Crippen LogP contribution in [-0.4, -0.2) is 15.0 Å². The lowest BCUT2D eigenvalue weighted by Gasteiger charge is -2.10. The highest BCUT2D eigenvalue weighted by Crippen LogP contribution is 2.32. The first-order valence-electron chi connectivity index (χ1n) is 6.03. The van der Waals surface area contributed by atoms with E-state index in [1.165, 1.54) is 6.07 Å². The molecule has 2 aromatic carbocycles. The van der Waals surface area contributed by atoms with Crippen LogP contribution < -0.4 is 4.74 Å². The standard InChI is InChI=1S/C15H13ClO3S/c1-2-3-6-11-19-14-9-10-15(20(16,17)18)13-8-5-4-7-12(13)14/h4-5,7-10H,6,11H2,1H3. The molecule has 5 heteroatoms. The Morgan fingerprint density at radius 1 is 1.15 bits per heavy atom. The molecule has 0 heterocycles. The summed E-state index contributed by atoms with van der Waals surface area (Å²) in [7, 11) is 1.67. The van der Waals surface area contributed by atoms with E-state index in [2.05, 4.69) is 11.8 Å². The van der Waals surface area contributed by atoms with Crippen LogP contribution >= 0.6 is 10.7 Å². The van der Waals surface area contributed by atoms with E-state index in [0.717, 1.165) is 5.39 Å². The first-order valence-corrected chi connectivity index (χ1v) is 8.34. The van der Waals surface area contributed by atoms with Gasteiger partial charge in [0.25, 0.3) is 9.05 Å². The fourth-order valence-electron chi connectivity index (χ4n) is 1.92. The van der Waals surface area contributed by atoms with Crippen molar-refractivity contribution >= 4 is 30.5 Å². The average molecular weight is 309 g/mol. The zero-order valence-corrected chi connectivity index (χ0v) is 12.5. The Morgan fingerprint density at radius 2 is 1.85 bits per heavy atom. The van der Waals surface area contributed by atoms with Crippen LogP contribution in [0.15, 0.2) is 41.3 Å². The van der Waals surface area contributed by atoms with Gasteiger partial charge in [0.15, 0.2) is 0 Å². The third kappa shape index (κ3) is 3.24. The Bertz CT molecular complexity index is 786. The predicted molar refractivity (Wildman–Crippen MR) is 80.5 cm³/mol. The molecule has 0 spiro atoms. The number of halogens is 1. The van der Waals surface area contributed by atoms with Crippen molar-refractivity contribution in [3.8, 4) is 17.6 Å². The summed E-state index contributed by atoms with van der Waals surface area (Å²) >= 11 is 0. The Kier molecular flexibility index (Phi) is 4.53. The van der Waals surface area contributed by atoms with Crippen LogP contribution in [0.5, 0.6) is 5.75 Å². The maximum absolute atomic E-state index is 11.6. The maximum Gasteiger partial charge on any atom is 0.261 e. The first kappa shape index (κ1) is 14.7. The minimum atomic E-state index is -3.78. The van der Waals surface area contributed by atoms with Crippen LogP contribution in [0.1, 0.15) is 13.3 Å². The van der Waals surface area contributed by atoms with Gasteiger partial charge in [-0.05, 0) is 19.1 Å². The first-order chi connectivity index (χ1) is 9.54. The van der Waals surface area contributed by atoms with Crippen molar-refractivity contribution < 1.29 is 13.2 Å². The summed E-state index contributed by atoms with van der Waals surface area (Å²) in [6.45, 7) is 2.23. The maximum atomic E-state index is 11.6. The summed E-state index contributed by atoms with van der Waals surface area (Å²) in [4.78, 5) is 0.0930. The van der Waals surface area contributed by atoms with E-state index in [-0.39, 0.29) is 4.90 Å². The van der Waals surface area contributed by atoms with Gasteiger partial charge in [-0.25, -0.2) is 8.42 Å². The molecule has 3 nitrogen and oxygen atoms in total. The van der Waals surface area contributed by atoms with Crippen molar-refractivity contribution in [2.45, 2.75) is 18.2 Å². The second-order valence-electron chi connectivity index (χ2n) is 4.07. The zero-order valence-electron chi connectivity index (χ0n) is 10.9. The van der Waals surface area contributed by atoms with Crippen molar-refractivity contribution in [2.24, 2.45) is 0 Å². The molecule has 0 N–H and O–H groups in total. The SMILES string of the molecule is CC#CCCOc1ccc(S(=O)(=O)Cl)c2ccccc12. The molecule has 104 valence electrons. The molecule has 20 heavy (non-hydrogen) atoms. The van der Waals surface area contributed by atoms with Crippen molar-refractivity contribution in [1.29, 1.82) is 0 Å². The van der Waals surface area contributed by atoms with Gasteiger partial charge in [0.2, 0.25) is 0 Å². The fraction of sp³-hybridized carbons (Fsp3) is 0.200. The Labute approximate surface area is 122 Å². The van der Waals surface area contributed by atoms with E-state index < -0.39 is 9.05 Å². The lowest BCUT2D eigenvalue weighted by Crippen LogP contribution is -1.99. The second kappa shape index (κ2) is 6.17. The zero-order chi connectivity index (χ0) is 14.6. The molecule has 0 aliphatic carbocycles. The third-order valence-electron chi connectivity index (χ3n) is 2.77. The van der Waals surface area contributed by atoms with E-state index in [1.807, 2.05) is 12.1 Å². The van der Waals surface area contributed by atoms with Crippen LogP contribution in [0.4, 0.5) is 0 Å². The largest absolute Gasteiger partial charge is 0.492 e. The van der Waals surface area contributed by atoms with Crippen LogP contribution in [-0.2, 0) is 9.05 Å². The fourth-order valence-corrected chi connectivity index (χ4v) is 2.99. The molecule has 2 rings (SSSR count). The minimum absolute atomic E-state index is 0.0930. The molecule has 2 aromatic rings. The van der Waals surface area contributed by atoms with E-state index in [9.17, 15) is 8.42 Å². The normalized spacial score (nSPS) is 10.9. The molecule has 0 aliphatic rings. The average Bonchev–Trinajstić information content (AvgIpc) is 2.42. The molecule has 0 saturated heterocycles. The highest BCUT2D eigenvalue weighted by Gasteiger charge is 2.16. The number of rotatable bonds is 4. The molecule has 0 bridgehead atoms. The third-order valence-corrected chi connectivity index (χ3v) is 4.15. The summed E-state index contributed by atoms with van der Waals surface area (Å²) in [6, 6.07) is 10.2. The van der Waals surface area contributed by atoms with Gasteiger partial charge in [-0.3, -0.25) is 0 Å². The number of hydrogen-bond donors (Lipinski definition) is 0. The van der Waals surface area contributed by atoms with Gasteiger partial charge in [0.1, 0.15) is 5.75 Å². The summed E-state index contributed by atoms with van der Waals surface area (Å²) in [6.07, 6.45) is 0.625. The van der Waals surface area contributed by atoms with Crippen LogP contribution in [0, 0.1) is 11.8 Å². The van der Waals surface area contributed by atoms with Crippen molar-refractivity contribution in [2.75, 3.05) is 6.61 Å². The second-order valence-corrected chi connectivity index (χ2v) is 6.60. The Hall–Kier alpha value is -1.70. The minimum Gasteiger partial charge on any atom is -0.492 e. The van der Waals surface area contributed by atoms with Gasteiger partial charge in [-0.15, -0.1) is 11.8 Å². The summed E-state index contributed by atoms with van der Waals surface area (Å²) in [5.74, 6) is 6.33. The van der Waals surface area contributed by atoms with E-state index in [1.54, 1.807) is 25.1 Å². The van der Waals surface area contributed by atoms with Crippen LogP contribution in [0.25, 0.3) is 10.8 Å². The Morgan fingerprint density at radius 3 is 2.50 bits per heavy atom. The highest BCUT2D eigenvalue weighted by molar-refractivity contribution is 8.14. The molecule has 0 aliphatic heterocycles. The summed E-state index contributed by atoms with van der Waals surface area (Å²) < 4.78 is 28.8. The lowest BCUT2D eigenvalue weighted by atomic mass is 10.1. The van der Waals surface area contributed by atoms with E-state index in [0.29, 0.717) is 24.2 Å². The van der Waals surface area contributed by atoms with Crippen molar-refractivity contribution in [1.82, 2.24) is 0 Å². The molecule has 0 atom stereocenters. The van der Waals surface area contributed by atoms with Gasteiger partial charge >= 0.3 is 0 Å². The van der Waals surface area contributed by atoms with Gasteiger partial charge < -0.3 is 4.74 Å². The summed E-state index contributed by atoms with van der Waals surface area (Å²) in [5.41, 5.74) is 0. The van der Waals surface area contributed by atoms with Crippen LogP contribution in [0.2, 0.25) is 0 Å². The van der Waals surface area contributed by atoms with Gasteiger partial charge in [-0.2, -0.15) is 0 Å². The number of fused-ring (bicyclic) bond motifs is 1. The molecule has 0 saturated carbocycles. The number of benzene rings is 2. The summed E-state index contributed by atoms with van der Waals surface area (Å²) in [5, 5.41) is 1.28. The number of ether oxygens (including phenoxy) is 1. The molecular weight excluding hydrogens is 296 g/mol. The van der Waals surface area contributed by atoms with Gasteiger partial charge in [0, 0.05) is 27.9 Å². The van der Waals surface area contributed by atoms with Crippen molar-refractivity contribution in [3.63, 3.8) is 0 Å². The smallest absolute Gasteiger partial charge is 0.261 e. The number of hydrogen-bond acceptors (Lipinski definition) is 3. The molecule has 0 unspecified atom stereocenters. The van der Waals surface area contributed by atoms with E-state index in [4.69, 9.17) is 15.4 Å². The molecule has 0 aromatic heterocycles. The highest BCUT2D eigenvalue weighted by atomic mass is 35.7. The van der Waals surface area contributed by atoms with Crippen LogP contribution in [0.3, 0.4) is 0 Å². The van der Waals surface area contributed by atoms with E-state index >= 15 is 0 Å². The molecule has 0 radical (unpaired) electrons. The monoisotopic (exact) mass is 308 g/mol. The van der Waals surface area contributed by atoms with Crippen molar-refractivity contribution in [3.05, 3.63) is 36.4 Å². The lowest BCUT2D eigenvalue weighted by molar-refractivity contribution is 0.331. The molecular formula is C15H13ClO3S. The predicted octanol–water partition coefficient (Wildman–Crippen LogP) is 3.56. The van der Waals surface area contributed by atoms with Gasteiger partial charge in [0.05, 0.1) is 11.5 Å². The topological polar surface area (TPSA) is 43.4 Å². The molecule has 0 amide bonds. The molecule has 0 fully saturated rings. The quantitative estimate of drug-likeness (QED) is 0.493.